The van der Waals surface area contributed by atoms with E-state index >= 15 is 0 Å². The van der Waals surface area contributed by atoms with Crippen LogP contribution in [0.1, 0.15) is 110 Å². The van der Waals surface area contributed by atoms with E-state index in [1.165, 1.54) is 96.3 Å². The van der Waals surface area contributed by atoms with Gasteiger partial charge in [-0.05, 0) is 0 Å². The van der Waals surface area contributed by atoms with Crippen molar-refractivity contribution in [1.82, 2.24) is 0 Å². The van der Waals surface area contributed by atoms with Crippen LogP contribution in [-0.4, -0.2) is 11.1 Å². The molecule has 0 aliphatic carbocycles. The zero-order valence-electron chi connectivity index (χ0n) is 20.7. The maximum atomic E-state index is 11.7. The van der Waals surface area contributed by atoms with E-state index in [1.54, 1.807) is 0 Å². The number of hydrogen-bond donors (Lipinski definition) is 1. The molecule has 2 heteroatoms. The van der Waals surface area contributed by atoms with Crippen molar-refractivity contribution >= 4 is 18.1 Å². The Labute approximate surface area is 199 Å². The van der Waals surface area contributed by atoms with Gasteiger partial charge in [0, 0.05) is 0 Å². The summed E-state index contributed by atoms with van der Waals surface area (Å²) >= 11 is 0. The molecular weight excluding hydrogens is 407 g/mol. The Morgan fingerprint density at radius 3 is 1.12 bits per heavy atom. The standard InChI is InChI=1S/C30H49OP/c1-2-3-4-5-6-7-8-9-10-11-12-13-14-15-16-23-28-32(31,29-24-19-17-20-25-29)30-26-21-18-22-27-30/h17-22,24-27,31-32H,2-16,23,28H2,1H3. The third-order valence-corrected chi connectivity index (χ3v) is 10.5. The summed E-state index contributed by atoms with van der Waals surface area (Å²) in [5.41, 5.74) is 0. The summed E-state index contributed by atoms with van der Waals surface area (Å²) < 4.78 is 0. The van der Waals surface area contributed by atoms with Crippen LogP contribution < -0.4 is 10.6 Å². The van der Waals surface area contributed by atoms with Crippen molar-refractivity contribution in [2.75, 3.05) is 6.16 Å². The maximum absolute atomic E-state index is 11.7. The van der Waals surface area contributed by atoms with Crippen molar-refractivity contribution in [3.8, 4) is 0 Å². The minimum atomic E-state index is -2.61. The summed E-state index contributed by atoms with van der Waals surface area (Å²) in [5.74, 6) is 0. The molecule has 2 aromatic carbocycles. The van der Waals surface area contributed by atoms with Crippen LogP contribution in [0.2, 0.25) is 0 Å². The Kier molecular flexibility index (Phi) is 14.7. The van der Waals surface area contributed by atoms with E-state index in [4.69, 9.17) is 0 Å². The van der Waals surface area contributed by atoms with Crippen molar-refractivity contribution in [1.29, 1.82) is 0 Å². The summed E-state index contributed by atoms with van der Waals surface area (Å²) in [5, 5.41) is 2.29. The monoisotopic (exact) mass is 456 g/mol. The van der Waals surface area contributed by atoms with Gasteiger partial charge in [0.15, 0.2) is 0 Å². The van der Waals surface area contributed by atoms with E-state index < -0.39 is 7.49 Å². The number of benzene rings is 2. The predicted octanol–water partition coefficient (Wildman–Crippen LogP) is 8.56. The summed E-state index contributed by atoms with van der Waals surface area (Å²) in [6.07, 6.45) is 23.1. The van der Waals surface area contributed by atoms with E-state index in [2.05, 4.69) is 55.5 Å². The van der Waals surface area contributed by atoms with Gasteiger partial charge >= 0.3 is 160 Å². The molecule has 0 saturated carbocycles. The molecule has 0 unspecified atom stereocenters. The summed E-state index contributed by atoms with van der Waals surface area (Å²) in [6, 6.07) is 20.8. The fourth-order valence-electron chi connectivity index (χ4n) is 4.81. The third kappa shape index (κ3) is 10.6. The number of hydrogen-bond acceptors (Lipinski definition) is 1. The molecule has 1 N–H and O–H groups in total. The minimum absolute atomic E-state index is 0.930. The van der Waals surface area contributed by atoms with E-state index in [9.17, 15) is 4.89 Å². The number of unbranched alkanes of at least 4 members (excludes halogenated alkanes) is 15. The molecule has 0 aliphatic rings. The summed E-state index contributed by atoms with van der Waals surface area (Å²) in [7, 11) is -2.61. The van der Waals surface area contributed by atoms with Crippen LogP contribution in [-0.2, 0) is 0 Å². The molecule has 0 aromatic heterocycles. The van der Waals surface area contributed by atoms with Crippen LogP contribution in [0.25, 0.3) is 0 Å². The van der Waals surface area contributed by atoms with Crippen LogP contribution in [0.3, 0.4) is 0 Å². The van der Waals surface area contributed by atoms with Crippen molar-refractivity contribution in [2.45, 2.75) is 110 Å². The Balaban J connectivity index is 1.52. The molecule has 32 heavy (non-hydrogen) atoms. The first kappa shape index (κ1) is 27.1. The first-order valence-corrected chi connectivity index (χ1v) is 15.8. The molecule has 0 aliphatic heterocycles. The van der Waals surface area contributed by atoms with Crippen LogP contribution >= 0.6 is 7.49 Å². The second-order valence-corrected chi connectivity index (χ2v) is 13.0. The van der Waals surface area contributed by atoms with Gasteiger partial charge in [0.2, 0.25) is 0 Å². The summed E-state index contributed by atoms with van der Waals surface area (Å²) in [6.45, 7) is 2.29. The van der Waals surface area contributed by atoms with Crippen LogP contribution in [0.4, 0.5) is 0 Å². The average Bonchev–Trinajstić information content (AvgIpc) is 2.84. The van der Waals surface area contributed by atoms with Gasteiger partial charge in [0.05, 0.1) is 0 Å². The zero-order valence-corrected chi connectivity index (χ0v) is 21.7. The van der Waals surface area contributed by atoms with Crippen molar-refractivity contribution in [3.63, 3.8) is 0 Å². The van der Waals surface area contributed by atoms with Crippen LogP contribution in [0, 0.1) is 0 Å². The third-order valence-electron chi connectivity index (χ3n) is 6.89. The van der Waals surface area contributed by atoms with Crippen molar-refractivity contribution in [3.05, 3.63) is 60.7 Å². The molecule has 0 bridgehead atoms. The second-order valence-electron chi connectivity index (χ2n) is 9.65. The van der Waals surface area contributed by atoms with Crippen molar-refractivity contribution in [2.24, 2.45) is 0 Å². The number of rotatable bonds is 19. The van der Waals surface area contributed by atoms with E-state index in [1.807, 2.05) is 12.1 Å². The fraction of sp³-hybridized carbons (Fsp3) is 0.600. The van der Waals surface area contributed by atoms with Crippen LogP contribution in [0.5, 0.6) is 0 Å². The first-order chi connectivity index (χ1) is 15.8. The van der Waals surface area contributed by atoms with Gasteiger partial charge in [-0.1, -0.05) is 39.0 Å². The van der Waals surface area contributed by atoms with E-state index in [0.717, 1.165) is 23.2 Å². The topological polar surface area (TPSA) is 20.2 Å². The SMILES string of the molecule is CCCCCCCCCCCCCCCCCC[PH](O)(c1ccccc1)c1ccccc1. The molecule has 0 spiro atoms. The van der Waals surface area contributed by atoms with E-state index in [-0.39, 0.29) is 0 Å². The molecule has 0 amide bonds. The van der Waals surface area contributed by atoms with Gasteiger partial charge in [-0.25, -0.2) is 0 Å². The van der Waals surface area contributed by atoms with Gasteiger partial charge in [-0.3, -0.25) is 0 Å². The zero-order chi connectivity index (χ0) is 22.7. The van der Waals surface area contributed by atoms with Gasteiger partial charge in [0.1, 0.15) is 0 Å². The molecule has 0 heterocycles. The molecular formula is C30H49OP. The average molecular weight is 457 g/mol. The molecule has 0 fully saturated rings. The van der Waals surface area contributed by atoms with Crippen LogP contribution in [0.15, 0.2) is 60.7 Å². The molecule has 0 radical (unpaired) electrons. The van der Waals surface area contributed by atoms with Gasteiger partial charge in [-0.2, -0.15) is 0 Å². The predicted molar refractivity (Wildman–Crippen MR) is 147 cm³/mol. The fourth-order valence-corrected chi connectivity index (χ4v) is 7.97. The quantitative estimate of drug-likeness (QED) is 0.166. The second kappa shape index (κ2) is 17.3. The molecule has 2 aromatic rings. The molecule has 0 atom stereocenters. The van der Waals surface area contributed by atoms with E-state index in [0.29, 0.717) is 0 Å². The molecule has 2 rings (SSSR count). The molecule has 0 saturated heterocycles. The Hall–Kier alpha value is -1.17. The summed E-state index contributed by atoms with van der Waals surface area (Å²) in [4.78, 5) is 11.7. The normalized spacial score (nSPS) is 12.2. The Bertz CT molecular complexity index is 630. The molecule has 180 valence electrons. The molecule has 1 nitrogen and oxygen atoms in total. The van der Waals surface area contributed by atoms with Gasteiger partial charge in [0.25, 0.3) is 0 Å². The Morgan fingerprint density at radius 2 is 0.781 bits per heavy atom. The van der Waals surface area contributed by atoms with Gasteiger partial charge in [-0.15, -0.1) is 0 Å². The first-order valence-electron chi connectivity index (χ1n) is 13.6. The van der Waals surface area contributed by atoms with Gasteiger partial charge < -0.3 is 0 Å². The van der Waals surface area contributed by atoms with Crippen molar-refractivity contribution < 1.29 is 4.89 Å². The Morgan fingerprint density at radius 1 is 0.469 bits per heavy atom.